The molecule has 0 saturated carbocycles. The minimum atomic E-state index is -0.854. The molecule has 0 aliphatic heterocycles. The van der Waals surface area contributed by atoms with Gasteiger partial charge in [0.2, 0.25) is 0 Å². The van der Waals surface area contributed by atoms with Crippen LogP contribution in [0.2, 0.25) is 0 Å². The Hall–Kier alpha value is -3.93. The summed E-state index contributed by atoms with van der Waals surface area (Å²) in [6, 6.07) is 24.0. The number of ether oxygens (including phenoxy) is 1. The molecule has 28 heavy (non-hydrogen) atoms. The Morgan fingerprint density at radius 3 is 2.25 bits per heavy atom. The number of methoxy groups -OCH3 is 1. The Morgan fingerprint density at radius 2 is 1.54 bits per heavy atom. The monoisotopic (exact) mass is 373 g/mol. The number of para-hydroxylation sites is 1. The second-order valence-electron chi connectivity index (χ2n) is 5.84. The molecule has 0 bridgehead atoms. The molecule has 140 valence electrons. The van der Waals surface area contributed by atoms with E-state index in [1.807, 2.05) is 42.5 Å². The molecule has 2 amide bonds. The first-order chi connectivity index (χ1) is 13.7. The Labute approximate surface area is 162 Å². The molecule has 6 heteroatoms. The number of nitrogens with zero attached hydrogens (tertiary/aromatic N) is 1. The van der Waals surface area contributed by atoms with E-state index in [1.165, 1.54) is 6.21 Å². The Bertz CT molecular complexity index is 983. The van der Waals surface area contributed by atoms with Gasteiger partial charge in [0.25, 0.3) is 0 Å². The van der Waals surface area contributed by atoms with E-state index in [9.17, 15) is 9.59 Å². The maximum Gasteiger partial charge on any atom is 0.329 e. The van der Waals surface area contributed by atoms with Crippen LogP contribution < -0.4 is 15.5 Å². The number of hydrogen-bond acceptors (Lipinski definition) is 4. The first-order valence-electron chi connectivity index (χ1n) is 8.60. The van der Waals surface area contributed by atoms with Gasteiger partial charge in [0, 0.05) is 11.3 Å². The van der Waals surface area contributed by atoms with Crippen molar-refractivity contribution >= 4 is 23.7 Å². The summed E-state index contributed by atoms with van der Waals surface area (Å²) in [5.41, 5.74) is 5.30. The fourth-order valence-electron chi connectivity index (χ4n) is 2.55. The summed E-state index contributed by atoms with van der Waals surface area (Å²) in [4.78, 5) is 24.2. The fourth-order valence-corrected chi connectivity index (χ4v) is 2.55. The molecule has 0 radical (unpaired) electrons. The zero-order valence-corrected chi connectivity index (χ0v) is 15.3. The van der Waals surface area contributed by atoms with Crippen molar-refractivity contribution in [2.75, 3.05) is 12.4 Å². The molecule has 3 aromatic rings. The van der Waals surface area contributed by atoms with Gasteiger partial charge in [-0.2, -0.15) is 5.10 Å². The maximum atomic E-state index is 12.2. The van der Waals surface area contributed by atoms with Crippen molar-refractivity contribution in [3.63, 3.8) is 0 Å². The maximum absolute atomic E-state index is 12.2. The highest BCUT2D eigenvalue weighted by Crippen LogP contribution is 2.27. The summed E-state index contributed by atoms with van der Waals surface area (Å²) >= 11 is 0. The molecule has 0 heterocycles. The number of amides is 2. The molecule has 0 aliphatic carbocycles. The number of rotatable bonds is 5. The zero-order valence-electron chi connectivity index (χ0n) is 15.3. The van der Waals surface area contributed by atoms with Crippen LogP contribution in [0.15, 0.2) is 84.0 Å². The van der Waals surface area contributed by atoms with E-state index in [0.717, 1.165) is 22.4 Å². The second-order valence-corrected chi connectivity index (χ2v) is 5.84. The van der Waals surface area contributed by atoms with Crippen molar-refractivity contribution in [1.82, 2.24) is 5.43 Å². The van der Waals surface area contributed by atoms with Gasteiger partial charge < -0.3 is 10.1 Å². The summed E-state index contributed by atoms with van der Waals surface area (Å²) < 4.78 is 5.07. The van der Waals surface area contributed by atoms with Gasteiger partial charge in [-0.25, -0.2) is 5.43 Å². The van der Waals surface area contributed by atoms with E-state index in [4.69, 9.17) is 4.74 Å². The lowest BCUT2D eigenvalue weighted by molar-refractivity contribution is -0.136. The van der Waals surface area contributed by atoms with E-state index < -0.39 is 11.8 Å². The molecule has 2 N–H and O–H groups in total. The Morgan fingerprint density at radius 1 is 0.857 bits per heavy atom. The smallest absolute Gasteiger partial charge is 0.329 e. The van der Waals surface area contributed by atoms with Gasteiger partial charge in [0.1, 0.15) is 5.75 Å². The highest BCUT2D eigenvalue weighted by molar-refractivity contribution is 6.39. The lowest BCUT2D eigenvalue weighted by Gasteiger charge is -2.10. The average molecular weight is 373 g/mol. The quantitative estimate of drug-likeness (QED) is 0.408. The van der Waals surface area contributed by atoms with Crippen LogP contribution >= 0.6 is 0 Å². The third-order valence-corrected chi connectivity index (χ3v) is 3.96. The normalized spacial score (nSPS) is 10.5. The van der Waals surface area contributed by atoms with Gasteiger partial charge >= 0.3 is 11.8 Å². The van der Waals surface area contributed by atoms with E-state index in [-0.39, 0.29) is 0 Å². The number of carbonyl (C=O) groups is 2. The largest absolute Gasteiger partial charge is 0.497 e. The zero-order chi connectivity index (χ0) is 19.8. The van der Waals surface area contributed by atoms with Crippen LogP contribution in [0.5, 0.6) is 5.75 Å². The van der Waals surface area contributed by atoms with Crippen molar-refractivity contribution < 1.29 is 14.3 Å². The Kier molecular flexibility index (Phi) is 6.15. The standard InChI is InChI=1S/C22H19N3O3/c1-28-18-13-11-16(12-14-18)15-23-25-22(27)21(26)24-20-10-6-5-9-19(20)17-7-3-2-4-8-17/h2-15H,1H3,(H,24,26)(H,25,27)/b23-15+. The predicted molar refractivity (Wildman–Crippen MR) is 109 cm³/mol. The Balaban J connectivity index is 1.63. The van der Waals surface area contributed by atoms with Crippen molar-refractivity contribution in [2.45, 2.75) is 0 Å². The summed E-state index contributed by atoms with van der Waals surface area (Å²) in [5, 5.41) is 6.45. The number of carbonyl (C=O) groups excluding carboxylic acids is 2. The number of anilines is 1. The van der Waals surface area contributed by atoms with E-state index >= 15 is 0 Å². The lowest BCUT2D eigenvalue weighted by atomic mass is 10.0. The van der Waals surface area contributed by atoms with Crippen LogP contribution in [0.1, 0.15) is 5.56 Å². The van der Waals surface area contributed by atoms with Crippen LogP contribution in [0.25, 0.3) is 11.1 Å². The number of hydrazone groups is 1. The second kappa shape index (κ2) is 9.14. The SMILES string of the molecule is COc1ccc(/C=N/NC(=O)C(=O)Nc2ccccc2-c2ccccc2)cc1. The molecule has 0 unspecified atom stereocenters. The van der Waals surface area contributed by atoms with Crippen molar-refractivity contribution in [1.29, 1.82) is 0 Å². The number of hydrogen-bond donors (Lipinski definition) is 2. The molecule has 0 aliphatic rings. The summed E-state index contributed by atoms with van der Waals surface area (Å²) in [6.45, 7) is 0. The van der Waals surface area contributed by atoms with Crippen LogP contribution in [0, 0.1) is 0 Å². The van der Waals surface area contributed by atoms with Crippen LogP contribution in [-0.4, -0.2) is 25.1 Å². The lowest BCUT2D eigenvalue weighted by Crippen LogP contribution is -2.32. The van der Waals surface area contributed by atoms with E-state index in [1.54, 1.807) is 43.5 Å². The molecule has 6 nitrogen and oxygen atoms in total. The summed E-state index contributed by atoms with van der Waals surface area (Å²) in [7, 11) is 1.58. The first-order valence-corrected chi connectivity index (χ1v) is 8.60. The highest BCUT2D eigenvalue weighted by atomic mass is 16.5. The molecule has 3 rings (SSSR count). The summed E-state index contributed by atoms with van der Waals surface area (Å²) in [6.07, 6.45) is 1.45. The minimum Gasteiger partial charge on any atom is -0.497 e. The van der Waals surface area contributed by atoms with Crippen LogP contribution in [0.3, 0.4) is 0 Å². The van der Waals surface area contributed by atoms with Gasteiger partial charge in [-0.3, -0.25) is 9.59 Å². The molecule has 0 spiro atoms. The minimum absolute atomic E-state index is 0.549. The topological polar surface area (TPSA) is 79.8 Å². The average Bonchev–Trinajstić information content (AvgIpc) is 2.75. The van der Waals surface area contributed by atoms with Gasteiger partial charge in [-0.05, 0) is 41.5 Å². The van der Waals surface area contributed by atoms with Crippen molar-refractivity contribution in [3.8, 4) is 16.9 Å². The van der Waals surface area contributed by atoms with E-state index in [0.29, 0.717) is 5.69 Å². The molecule has 0 aromatic heterocycles. The first kappa shape index (κ1) is 18.8. The summed E-state index contributed by atoms with van der Waals surface area (Å²) in [5.74, 6) is -0.930. The molecular weight excluding hydrogens is 354 g/mol. The van der Waals surface area contributed by atoms with Gasteiger partial charge in [-0.15, -0.1) is 0 Å². The molecule has 3 aromatic carbocycles. The van der Waals surface area contributed by atoms with Crippen LogP contribution in [0.4, 0.5) is 5.69 Å². The van der Waals surface area contributed by atoms with E-state index in [2.05, 4.69) is 15.8 Å². The van der Waals surface area contributed by atoms with Gasteiger partial charge in [-0.1, -0.05) is 48.5 Å². The molecular formula is C22H19N3O3. The van der Waals surface area contributed by atoms with Crippen LogP contribution in [-0.2, 0) is 9.59 Å². The van der Waals surface area contributed by atoms with Crippen molar-refractivity contribution in [2.24, 2.45) is 5.10 Å². The van der Waals surface area contributed by atoms with Crippen molar-refractivity contribution in [3.05, 3.63) is 84.4 Å². The number of benzene rings is 3. The number of nitrogens with one attached hydrogen (secondary N) is 2. The third-order valence-electron chi connectivity index (χ3n) is 3.96. The van der Waals surface area contributed by atoms with Gasteiger partial charge in [0.05, 0.1) is 13.3 Å². The highest BCUT2D eigenvalue weighted by Gasteiger charge is 2.15. The third kappa shape index (κ3) is 4.82. The van der Waals surface area contributed by atoms with Gasteiger partial charge in [0.15, 0.2) is 0 Å². The predicted octanol–water partition coefficient (Wildman–Crippen LogP) is 3.45. The molecule has 0 saturated heterocycles. The molecule has 0 fully saturated rings. The molecule has 0 atom stereocenters. The fraction of sp³-hybridized carbons (Fsp3) is 0.0455.